The molecule has 0 radical (unpaired) electrons. The average Bonchev–Trinajstić information content (AvgIpc) is 3.81. The van der Waals surface area contributed by atoms with Crippen LogP contribution >= 0.6 is 0 Å². The van der Waals surface area contributed by atoms with Gasteiger partial charge in [-0.05, 0) is 110 Å². The molecule has 1 aliphatic rings. The topological polar surface area (TPSA) is 16.4 Å². The van der Waals surface area contributed by atoms with Crippen molar-refractivity contribution in [3.63, 3.8) is 0 Å². The number of nitrogens with zero attached hydrogens (tertiary/aromatic N) is 1. The van der Waals surface area contributed by atoms with Gasteiger partial charge in [-0.25, -0.2) is 0 Å². The molecular formula is C55H37NO. The zero-order valence-corrected chi connectivity index (χ0v) is 31.2. The van der Waals surface area contributed by atoms with E-state index in [1.54, 1.807) is 0 Å². The van der Waals surface area contributed by atoms with E-state index in [2.05, 4.69) is 217 Å². The molecule has 2 heteroatoms. The Kier molecular flexibility index (Phi) is 7.75. The highest BCUT2D eigenvalue weighted by molar-refractivity contribution is 6.06. The standard InChI is InChI=1S/C55H37NO/c1-4-14-38(15-5-1)39-24-29-44(30-25-39)56(45-31-26-40(27-32-45)41-28-34-50-49-21-11-13-23-53(49)57-54(50)36-41)46-33-35-48-47-20-10-12-22-51(47)55(52(48)37-46,42-16-6-2-7-17-42)43-18-8-3-9-19-43/h1-37H. The molecule has 0 fully saturated rings. The first-order valence-corrected chi connectivity index (χ1v) is 19.6. The summed E-state index contributed by atoms with van der Waals surface area (Å²) in [5, 5.41) is 2.28. The van der Waals surface area contributed by atoms with Crippen LogP contribution in [-0.4, -0.2) is 0 Å². The van der Waals surface area contributed by atoms with Crippen LogP contribution in [0.5, 0.6) is 0 Å². The minimum absolute atomic E-state index is 0.494. The summed E-state index contributed by atoms with van der Waals surface area (Å²) < 4.78 is 6.27. The van der Waals surface area contributed by atoms with E-state index in [9.17, 15) is 0 Å². The van der Waals surface area contributed by atoms with Crippen LogP contribution in [0.25, 0.3) is 55.3 Å². The number of hydrogen-bond acceptors (Lipinski definition) is 2. The molecule has 11 rings (SSSR count). The lowest BCUT2D eigenvalue weighted by atomic mass is 9.67. The van der Waals surface area contributed by atoms with Gasteiger partial charge in [0.05, 0.1) is 5.41 Å². The Labute approximate surface area is 332 Å². The van der Waals surface area contributed by atoms with Crippen LogP contribution in [0, 0.1) is 0 Å². The summed E-state index contributed by atoms with van der Waals surface area (Å²) in [5.41, 5.74) is 16.9. The van der Waals surface area contributed by atoms with Gasteiger partial charge >= 0.3 is 0 Å². The maximum Gasteiger partial charge on any atom is 0.136 e. The van der Waals surface area contributed by atoms with Crippen LogP contribution in [-0.2, 0) is 5.41 Å². The molecule has 0 bridgehead atoms. The molecule has 1 heterocycles. The summed E-state index contributed by atoms with van der Waals surface area (Å²) in [4.78, 5) is 2.39. The summed E-state index contributed by atoms with van der Waals surface area (Å²) in [7, 11) is 0. The van der Waals surface area contributed by atoms with E-state index in [0.717, 1.165) is 50.1 Å². The Balaban J connectivity index is 1.08. The zero-order chi connectivity index (χ0) is 37.8. The van der Waals surface area contributed by atoms with Gasteiger partial charge in [0.1, 0.15) is 11.2 Å². The van der Waals surface area contributed by atoms with Gasteiger partial charge in [-0.15, -0.1) is 0 Å². The Morgan fingerprint density at radius 3 is 1.49 bits per heavy atom. The van der Waals surface area contributed by atoms with Crippen LogP contribution < -0.4 is 4.90 Å². The Bertz CT molecular complexity index is 3000. The summed E-state index contributed by atoms with van der Waals surface area (Å²) in [5.74, 6) is 0. The molecule has 0 spiro atoms. The molecule has 0 N–H and O–H groups in total. The lowest BCUT2D eigenvalue weighted by Crippen LogP contribution is -2.28. The van der Waals surface area contributed by atoms with Crippen LogP contribution in [0.4, 0.5) is 17.1 Å². The highest BCUT2D eigenvalue weighted by atomic mass is 16.3. The van der Waals surface area contributed by atoms with Gasteiger partial charge in [-0.3, -0.25) is 0 Å². The largest absolute Gasteiger partial charge is 0.456 e. The van der Waals surface area contributed by atoms with Gasteiger partial charge in [-0.2, -0.15) is 0 Å². The molecule has 2 nitrogen and oxygen atoms in total. The molecule has 1 aromatic heterocycles. The number of benzene rings is 9. The molecule has 268 valence electrons. The highest BCUT2D eigenvalue weighted by Crippen LogP contribution is 2.57. The van der Waals surface area contributed by atoms with E-state index >= 15 is 0 Å². The van der Waals surface area contributed by atoms with Crippen LogP contribution in [0.1, 0.15) is 22.3 Å². The molecule has 0 atom stereocenters. The van der Waals surface area contributed by atoms with E-state index < -0.39 is 5.41 Å². The second-order valence-corrected chi connectivity index (χ2v) is 14.9. The summed E-state index contributed by atoms with van der Waals surface area (Å²) >= 11 is 0. The van der Waals surface area contributed by atoms with Crippen molar-refractivity contribution >= 4 is 39.0 Å². The van der Waals surface area contributed by atoms with Gasteiger partial charge in [0, 0.05) is 27.8 Å². The van der Waals surface area contributed by atoms with Gasteiger partial charge < -0.3 is 9.32 Å². The molecule has 0 saturated carbocycles. The average molecular weight is 728 g/mol. The van der Waals surface area contributed by atoms with Crippen molar-refractivity contribution in [1.82, 2.24) is 0 Å². The van der Waals surface area contributed by atoms with Crippen LogP contribution in [0.2, 0.25) is 0 Å². The third-order valence-corrected chi connectivity index (χ3v) is 11.8. The fraction of sp³-hybridized carbons (Fsp3) is 0.0182. The predicted molar refractivity (Wildman–Crippen MR) is 237 cm³/mol. The van der Waals surface area contributed by atoms with Crippen molar-refractivity contribution in [3.8, 4) is 33.4 Å². The van der Waals surface area contributed by atoms with Gasteiger partial charge in [-0.1, -0.05) is 170 Å². The van der Waals surface area contributed by atoms with Crippen molar-refractivity contribution in [3.05, 3.63) is 247 Å². The van der Waals surface area contributed by atoms with Crippen LogP contribution in [0.15, 0.2) is 229 Å². The maximum atomic E-state index is 6.27. The van der Waals surface area contributed by atoms with E-state index in [0.29, 0.717) is 0 Å². The van der Waals surface area contributed by atoms with Crippen molar-refractivity contribution < 1.29 is 4.42 Å². The molecule has 1 aliphatic carbocycles. The molecule has 0 amide bonds. The Hall–Kier alpha value is -7.42. The minimum Gasteiger partial charge on any atom is -0.456 e. The Morgan fingerprint density at radius 2 is 0.807 bits per heavy atom. The molecule has 10 aromatic rings. The second-order valence-electron chi connectivity index (χ2n) is 14.9. The predicted octanol–water partition coefficient (Wildman–Crippen LogP) is 14.8. The fourth-order valence-electron chi connectivity index (χ4n) is 9.16. The first kappa shape index (κ1) is 33.0. The third-order valence-electron chi connectivity index (χ3n) is 11.8. The van der Waals surface area contributed by atoms with E-state index in [-0.39, 0.29) is 0 Å². The van der Waals surface area contributed by atoms with E-state index in [1.807, 2.05) is 12.1 Å². The number of fused-ring (bicyclic) bond motifs is 6. The normalized spacial score (nSPS) is 12.7. The van der Waals surface area contributed by atoms with Gasteiger partial charge in [0.25, 0.3) is 0 Å². The van der Waals surface area contributed by atoms with E-state index in [1.165, 1.54) is 44.5 Å². The second kappa shape index (κ2) is 13.4. The first-order valence-electron chi connectivity index (χ1n) is 19.6. The summed E-state index contributed by atoms with van der Waals surface area (Å²) in [6.07, 6.45) is 0. The number of furan rings is 1. The first-order chi connectivity index (χ1) is 28.3. The van der Waals surface area contributed by atoms with Crippen molar-refractivity contribution in [2.24, 2.45) is 0 Å². The SMILES string of the molecule is c1ccc(-c2ccc(N(c3ccc(-c4ccc5c(c4)oc4ccccc45)cc3)c3ccc4c(c3)C(c3ccccc3)(c3ccccc3)c3ccccc3-4)cc2)cc1. The molecule has 9 aromatic carbocycles. The minimum atomic E-state index is -0.494. The fourth-order valence-corrected chi connectivity index (χ4v) is 9.16. The van der Waals surface area contributed by atoms with Crippen molar-refractivity contribution in [1.29, 1.82) is 0 Å². The molecule has 0 saturated heterocycles. The smallest absolute Gasteiger partial charge is 0.136 e. The lowest BCUT2D eigenvalue weighted by Gasteiger charge is -2.35. The Morgan fingerprint density at radius 1 is 0.316 bits per heavy atom. The monoisotopic (exact) mass is 727 g/mol. The highest BCUT2D eigenvalue weighted by Gasteiger charge is 2.46. The van der Waals surface area contributed by atoms with Crippen LogP contribution in [0.3, 0.4) is 0 Å². The van der Waals surface area contributed by atoms with Gasteiger partial charge in [0.15, 0.2) is 0 Å². The third kappa shape index (κ3) is 5.33. The number of hydrogen-bond donors (Lipinski definition) is 0. The maximum absolute atomic E-state index is 6.27. The molecule has 0 aliphatic heterocycles. The number of anilines is 3. The lowest BCUT2D eigenvalue weighted by molar-refractivity contribution is 0.669. The molecule has 57 heavy (non-hydrogen) atoms. The number of para-hydroxylation sites is 1. The molecular weight excluding hydrogens is 691 g/mol. The molecule has 0 unspecified atom stereocenters. The van der Waals surface area contributed by atoms with Crippen molar-refractivity contribution in [2.45, 2.75) is 5.41 Å². The number of rotatable bonds is 7. The van der Waals surface area contributed by atoms with Gasteiger partial charge in [0.2, 0.25) is 0 Å². The van der Waals surface area contributed by atoms with Crippen molar-refractivity contribution in [2.75, 3.05) is 4.90 Å². The summed E-state index contributed by atoms with van der Waals surface area (Å²) in [6, 6.07) is 81.3. The summed E-state index contributed by atoms with van der Waals surface area (Å²) in [6.45, 7) is 0. The zero-order valence-electron chi connectivity index (χ0n) is 31.2. The van der Waals surface area contributed by atoms with E-state index in [4.69, 9.17) is 4.42 Å². The quantitative estimate of drug-likeness (QED) is 0.163.